The Labute approximate surface area is 117 Å². The van der Waals surface area contributed by atoms with E-state index in [1.807, 2.05) is 6.26 Å². The van der Waals surface area contributed by atoms with Crippen molar-refractivity contribution in [1.82, 2.24) is 5.32 Å². The molecule has 1 rings (SSSR count). The first-order valence-electron chi connectivity index (χ1n) is 5.33. The van der Waals surface area contributed by atoms with Crippen LogP contribution in [-0.4, -0.2) is 29.1 Å². The van der Waals surface area contributed by atoms with Crippen LogP contribution < -0.4 is 5.32 Å². The average Bonchev–Trinajstić information content (AvgIpc) is 2.31. The fourth-order valence-corrected chi connectivity index (χ4v) is 1.86. The van der Waals surface area contributed by atoms with Crippen LogP contribution >= 0.6 is 24.2 Å². The van der Waals surface area contributed by atoms with Crippen LogP contribution in [0.25, 0.3) is 0 Å². The van der Waals surface area contributed by atoms with Crippen molar-refractivity contribution >= 4 is 30.1 Å². The molecule has 0 bridgehead atoms. The molecule has 0 saturated heterocycles. The zero-order valence-electron chi connectivity index (χ0n) is 10.1. The molecule has 0 heterocycles. The van der Waals surface area contributed by atoms with Crippen molar-refractivity contribution in [2.75, 3.05) is 12.0 Å². The number of carbonyl (C=O) groups is 1. The second-order valence-corrected chi connectivity index (χ2v) is 4.67. The molecule has 0 fully saturated rings. The fraction of sp³-hybridized carbons (Fsp3) is 0.417. The summed E-state index contributed by atoms with van der Waals surface area (Å²) in [4.78, 5) is 10.9. The van der Waals surface area contributed by atoms with Crippen molar-refractivity contribution in [3.63, 3.8) is 0 Å². The van der Waals surface area contributed by atoms with Gasteiger partial charge >= 0.3 is 5.97 Å². The van der Waals surface area contributed by atoms with Gasteiger partial charge in [-0.1, -0.05) is 12.1 Å². The van der Waals surface area contributed by atoms with Crippen molar-refractivity contribution in [1.29, 1.82) is 0 Å². The number of hydrogen-bond donors (Lipinski definition) is 2. The molecular weight excluding hydrogens is 277 g/mol. The van der Waals surface area contributed by atoms with Crippen LogP contribution in [0.4, 0.5) is 4.39 Å². The third kappa shape index (κ3) is 6.23. The zero-order valence-corrected chi connectivity index (χ0v) is 11.7. The van der Waals surface area contributed by atoms with Gasteiger partial charge in [0, 0.05) is 6.54 Å². The van der Waals surface area contributed by atoms with Gasteiger partial charge in [-0.3, -0.25) is 4.79 Å². The molecule has 1 atom stereocenters. The molecule has 102 valence electrons. The van der Waals surface area contributed by atoms with E-state index in [9.17, 15) is 9.18 Å². The molecule has 0 aliphatic heterocycles. The lowest BCUT2D eigenvalue weighted by Crippen LogP contribution is -2.36. The van der Waals surface area contributed by atoms with E-state index in [1.54, 1.807) is 23.9 Å². The van der Waals surface area contributed by atoms with E-state index < -0.39 is 12.0 Å². The number of halogens is 2. The quantitative estimate of drug-likeness (QED) is 0.811. The minimum absolute atomic E-state index is 0. The molecule has 0 amide bonds. The third-order valence-electron chi connectivity index (χ3n) is 2.37. The molecule has 0 aromatic heterocycles. The van der Waals surface area contributed by atoms with E-state index in [4.69, 9.17) is 5.11 Å². The van der Waals surface area contributed by atoms with Crippen molar-refractivity contribution in [2.24, 2.45) is 0 Å². The monoisotopic (exact) mass is 293 g/mol. The number of benzene rings is 1. The predicted octanol–water partition coefficient (Wildman–Crippen LogP) is 2.54. The van der Waals surface area contributed by atoms with Crippen molar-refractivity contribution in [3.05, 3.63) is 35.6 Å². The van der Waals surface area contributed by atoms with Gasteiger partial charge in [0.15, 0.2) is 0 Å². The average molecular weight is 294 g/mol. The van der Waals surface area contributed by atoms with E-state index in [0.29, 0.717) is 13.0 Å². The molecule has 18 heavy (non-hydrogen) atoms. The Hall–Kier alpha value is -0.780. The number of thioether (sulfide) groups is 1. The third-order valence-corrected chi connectivity index (χ3v) is 3.02. The first kappa shape index (κ1) is 17.2. The minimum atomic E-state index is -0.846. The Morgan fingerprint density at radius 2 is 2.06 bits per heavy atom. The van der Waals surface area contributed by atoms with E-state index in [0.717, 1.165) is 11.3 Å². The molecular formula is C12H17ClFNO2S. The lowest BCUT2D eigenvalue weighted by atomic mass is 10.2. The molecule has 0 saturated carbocycles. The first-order chi connectivity index (χ1) is 8.13. The van der Waals surface area contributed by atoms with Crippen molar-refractivity contribution in [3.8, 4) is 0 Å². The summed E-state index contributed by atoms with van der Waals surface area (Å²) in [6.07, 6.45) is 2.52. The highest BCUT2D eigenvalue weighted by atomic mass is 35.5. The van der Waals surface area contributed by atoms with Gasteiger partial charge in [-0.2, -0.15) is 11.8 Å². The molecule has 0 aliphatic carbocycles. The van der Waals surface area contributed by atoms with Gasteiger partial charge in [-0.25, -0.2) is 4.39 Å². The Bertz CT molecular complexity index is 362. The summed E-state index contributed by atoms with van der Waals surface area (Å²) < 4.78 is 12.7. The Morgan fingerprint density at radius 3 is 2.56 bits per heavy atom. The lowest BCUT2D eigenvalue weighted by molar-refractivity contribution is -0.139. The largest absolute Gasteiger partial charge is 0.480 e. The molecule has 0 radical (unpaired) electrons. The highest BCUT2D eigenvalue weighted by Crippen LogP contribution is 2.05. The van der Waals surface area contributed by atoms with Gasteiger partial charge in [0.25, 0.3) is 0 Å². The van der Waals surface area contributed by atoms with Crippen LogP contribution in [0.2, 0.25) is 0 Å². The van der Waals surface area contributed by atoms with Gasteiger partial charge in [-0.15, -0.1) is 12.4 Å². The summed E-state index contributed by atoms with van der Waals surface area (Å²) in [6, 6.07) is 5.49. The Kier molecular flexibility index (Phi) is 8.79. The predicted molar refractivity (Wildman–Crippen MR) is 74.9 cm³/mol. The maximum absolute atomic E-state index is 12.7. The maximum Gasteiger partial charge on any atom is 0.320 e. The molecule has 2 N–H and O–H groups in total. The number of rotatable bonds is 7. The van der Waals surface area contributed by atoms with Gasteiger partial charge in [0.1, 0.15) is 11.9 Å². The van der Waals surface area contributed by atoms with Gasteiger partial charge in [-0.05, 0) is 36.1 Å². The molecule has 1 aromatic rings. The fourth-order valence-electron chi connectivity index (χ4n) is 1.39. The van der Waals surface area contributed by atoms with Crippen LogP contribution in [0.1, 0.15) is 12.0 Å². The van der Waals surface area contributed by atoms with E-state index in [-0.39, 0.29) is 18.2 Å². The first-order valence-corrected chi connectivity index (χ1v) is 6.72. The Morgan fingerprint density at radius 1 is 1.44 bits per heavy atom. The topological polar surface area (TPSA) is 49.3 Å². The molecule has 1 aromatic carbocycles. The van der Waals surface area contributed by atoms with Gasteiger partial charge < -0.3 is 10.4 Å². The minimum Gasteiger partial charge on any atom is -0.480 e. The summed E-state index contributed by atoms with van der Waals surface area (Å²) in [5.74, 6) is -0.333. The zero-order chi connectivity index (χ0) is 12.7. The second kappa shape index (κ2) is 9.19. The number of hydrogen-bond acceptors (Lipinski definition) is 3. The van der Waals surface area contributed by atoms with Crippen LogP contribution in [0.3, 0.4) is 0 Å². The second-order valence-electron chi connectivity index (χ2n) is 3.68. The van der Waals surface area contributed by atoms with Crippen LogP contribution in [-0.2, 0) is 11.3 Å². The van der Waals surface area contributed by atoms with E-state index in [1.165, 1.54) is 12.1 Å². The standard InChI is InChI=1S/C12H16FNO2S.ClH/c1-17-7-6-11(12(15)16)14-8-9-2-4-10(13)5-3-9;/h2-5,11,14H,6-8H2,1H3,(H,15,16);1H. The summed E-state index contributed by atoms with van der Waals surface area (Å²) in [5, 5.41) is 11.9. The molecule has 3 nitrogen and oxygen atoms in total. The highest BCUT2D eigenvalue weighted by Gasteiger charge is 2.15. The molecule has 0 spiro atoms. The van der Waals surface area contributed by atoms with Gasteiger partial charge in [0.2, 0.25) is 0 Å². The number of nitrogens with one attached hydrogen (secondary N) is 1. The van der Waals surface area contributed by atoms with Crippen LogP contribution in [0.15, 0.2) is 24.3 Å². The maximum atomic E-state index is 12.7. The van der Waals surface area contributed by atoms with Gasteiger partial charge in [0.05, 0.1) is 0 Å². The number of carboxylic acids is 1. The molecule has 0 aliphatic rings. The van der Waals surface area contributed by atoms with E-state index in [2.05, 4.69) is 5.32 Å². The SMILES string of the molecule is CSCCC(NCc1ccc(F)cc1)C(=O)O.Cl. The lowest BCUT2D eigenvalue weighted by Gasteiger charge is -2.13. The normalized spacial score (nSPS) is 11.7. The van der Waals surface area contributed by atoms with Crippen LogP contribution in [0.5, 0.6) is 0 Å². The van der Waals surface area contributed by atoms with Crippen molar-refractivity contribution in [2.45, 2.75) is 19.0 Å². The summed E-state index contributed by atoms with van der Waals surface area (Å²) in [5.41, 5.74) is 0.877. The molecule has 1 unspecified atom stereocenters. The van der Waals surface area contributed by atoms with Crippen LogP contribution in [0, 0.1) is 5.82 Å². The molecule has 6 heteroatoms. The van der Waals surface area contributed by atoms with Crippen molar-refractivity contribution < 1.29 is 14.3 Å². The smallest absolute Gasteiger partial charge is 0.320 e. The summed E-state index contributed by atoms with van der Waals surface area (Å²) in [6.45, 7) is 0.436. The Balaban J connectivity index is 0.00000289. The number of aliphatic carboxylic acids is 1. The number of carboxylic acid groups (broad SMARTS) is 1. The summed E-state index contributed by atoms with van der Waals surface area (Å²) in [7, 11) is 0. The highest BCUT2D eigenvalue weighted by molar-refractivity contribution is 7.98. The van der Waals surface area contributed by atoms with E-state index >= 15 is 0 Å². The summed E-state index contributed by atoms with van der Waals surface area (Å²) >= 11 is 1.62.